The Bertz CT molecular complexity index is 925. The number of carbonyl (C=O) groups is 1. The van der Waals surface area contributed by atoms with Crippen molar-refractivity contribution in [3.63, 3.8) is 0 Å². The van der Waals surface area contributed by atoms with Crippen LogP contribution < -0.4 is 10.0 Å². The molecule has 1 aliphatic heterocycles. The second-order valence-corrected chi connectivity index (χ2v) is 9.31. The van der Waals surface area contributed by atoms with Gasteiger partial charge in [-0.15, -0.1) is 0 Å². The normalized spacial score (nSPS) is 20.2. The van der Waals surface area contributed by atoms with Gasteiger partial charge in [-0.25, -0.2) is 13.1 Å². The molecule has 2 fully saturated rings. The van der Waals surface area contributed by atoms with Crippen molar-refractivity contribution in [3.8, 4) is 0 Å². The van der Waals surface area contributed by atoms with Gasteiger partial charge in [0.1, 0.15) is 0 Å². The van der Waals surface area contributed by atoms with E-state index in [1.807, 2.05) is 18.2 Å². The highest BCUT2D eigenvalue weighted by Gasteiger charge is 2.28. The third-order valence-electron chi connectivity index (χ3n) is 5.18. The molecule has 4 rings (SSSR count). The molecule has 0 unspecified atom stereocenters. The maximum atomic E-state index is 12.5. The van der Waals surface area contributed by atoms with Crippen LogP contribution in [0.2, 0.25) is 0 Å². The molecular formula is C21H25N3O3S. The average molecular weight is 400 g/mol. The predicted octanol–water partition coefficient (Wildman–Crippen LogP) is 2.13. The third kappa shape index (κ3) is 4.79. The lowest BCUT2D eigenvalue weighted by Gasteiger charge is -2.17. The number of likely N-dealkylation sites (tertiary alicyclic amines) is 1. The lowest BCUT2D eigenvalue weighted by atomic mass is 10.2. The van der Waals surface area contributed by atoms with E-state index in [0.717, 1.165) is 38.9 Å². The van der Waals surface area contributed by atoms with Gasteiger partial charge in [-0.3, -0.25) is 9.69 Å². The smallest absolute Gasteiger partial charge is 0.251 e. The van der Waals surface area contributed by atoms with Crippen LogP contribution in [0.4, 0.5) is 0 Å². The summed E-state index contributed by atoms with van der Waals surface area (Å²) in [6, 6.07) is 16.6. The quantitative estimate of drug-likeness (QED) is 0.748. The molecule has 1 aliphatic carbocycles. The molecule has 2 N–H and O–H groups in total. The van der Waals surface area contributed by atoms with Crippen LogP contribution in [0.15, 0.2) is 59.5 Å². The lowest BCUT2D eigenvalue weighted by Crippen LogP contribution is -2.37. The molecule has 6 nitrogen and oxygen atoms in total. The zero-order valence-electron chi connectivity index (χ0n) is 15.7. The lowest BCUT2D eigenvalue weighted by molar-refractivity contribution is 0.0937. The Balaban J connectivity index is 1.31. The SMILES string of the molecule is O=C(N[C@@H]1CCN(Cc2ccccc2)C1)c1ccc(S(=O)(=O)NC2CC2)cc1. The molecule has 1 heterocycles. The molecule has 1 atom stereocenters. The highest BCUT2D eigenvalue weighted by molar-refractivity contribution is 7.89. The maximum Gasteiger partial charge on any atom is 0.251 e. The summed E-state index contributed by atoms with van der Waals surface area (Å²) in [5.41, 5.74) is 1.75. The molecule has 1 saturated carbocycles. The fourth-order valence-electron chi connectivity index (χ4n) is 3.48. The Labute approximate surface area is 166 Å². The fourth-order valence-corrected chi connectivity index (χ4v) is 4.78. The van der Waals surface area contributed by atoms with Gasteiger partial charge in [0.05, 0.1) is 4.90 Å². The first-order valence-corrected chi connectivity index (χ1v) is 11.2. The van der Waals surface area contributed by atoms with Gasteiger partial charge in [-0.05, 0) is 49.1 Å². The van der Waals surface area contributed by atoms with Gasteiger partial charge >= 0.3 is 0 Å². The summed E-state index contributed by atoms with van der Waals surface area (Å²) in [6.07, 6.45) is 2.70. The van der Waals surface area contributed by atoms with Gasteiger partial charge in [0.2, 0.25) is 10.0 Å². The number of hydrogen-bond acceptors (Lipinski definition) is 4. The molecule has 1 saturated heterocycles. The van der Waals surface area contributed by atoms with Crippen LogP contribution in [-0.4, -0.2) is 44.4 Å². The Morgan fingerprint density at radius 3 is 2.36 bits per heavy atom. The van der Waals surface area contributed by atoms with Crippen molar-refractivity contribution in [1.82, 2.24) is 14.9 Å². The van der Waals surface area contributed by atoms with Gasteiger partial charge in [0, 0.05) is 37.3 Å². The largest absolute Gasteiger partial charge is 0.348 e. The topological polar surface area (TPSA) is 78.5 Å². The van der Waals surface area contributed by atoms with E-state index in [0.29, 0.717) is 5.56 Å². The molecule has 2 aromatic rings. The summed E-state index contributed by atoms with van der Waals surface area (Å²) < 4.78 is 27.1. The zero-order valence-corrected chi connectivity index (χ0v) is 16.5. The number of hydrogen-bond donors (Lipinski definition) is 2. The summed E-state index contributed by atoms with van der Waals surface area (Å²) in [4.78, 5) is 15.1. The number of nitrogens with one attached hydrogen (secondary N) is 2. The molecule has 0 radical (unpaired) electrons. The molecule has 1 amide bonds. The Kier molecular flexibility index (Phi) is 5.48. The van der Waals surface area contributed by atoms with Crippen molar-refractivity contribution in [2.75, 3.05) is 13.1 Å². The van der Waals surface area contributed by atoms with Crippen LogP contribution in [0.5, 0.6) is 0 Å². The van der Waals surface area contributed by atoms with Crippen LogP contribution in [-0.2, 0) is 16.6 Å². The van der Waals surface area contributed by atoms with Crippen molar-refractivity contribution in [3.05, 3.63) is 65.7 Å². The number of benzene rings is 2. The number of amides is 1. The standard InChI is InChI=1S/C21H25N3O3S/c25-21(17-6-10-20(11-7-17)28(26,27)23-18-8-9-18)22-19-12-13-24(15-19)14-16-4-2-1-3-5-16/h1-7,10-11,18-19,23H,8-9,12-15H2,(H,22,25)/t19-/m1/s1. The monoisotopic (exact) mass is 399 g/mol. The second kappa shape index (κ2) is 8.03. The molecule has 0 aromatic heterocycles. The first-order valence-electron chi connectivity index (χ1n) is 9.69. The van der Waals surface area contributed by atoms with Crippen molar-refractivity contribution in [1.29, 1.82) is 0 Å². The van der Waals surface area contributed by atoms with Crippen molar-refractivity contribution < 1.29 is 13.2 Å². The summed E-state index contributed by atoms with van der Waals surface area (Å²) in [5.74, 6) is -0.161. The van der Waals surface area contributed by atoms with E-state index in [1.165, 1.54) is 17.7 Å². The molecule has 0 spiro atoms. The first kappa shape index (κ1) is 19.1. The molecule has 2 aromatic carbocycles. The van der Waals surface area contributed by atoms with Crippen molar-refractivity contribution >= 4 is 15.9 Å². The van der Waals surface area contributed by atoms with Crippen LogP contribution in [0, 0.1) is 0 Å². The number of sulfonamides is 1. The minimum Gasteiger partial charge on any atom is -0.348 e. The minimum absolute atomic E-state index is 0.0640. The van der Waals surface area contributed by atoms with E-state index in [1.54, 1.807) is 12.1 Å². The number of nitrogens with zero attached hydrogens (tertiary/aromatic N) is 1. The average Bonchev–Trinajstić information content (AvgIpc) is 3.39. The van der Waals surface area contributed by atoms with E-state index in [2.05, 4.69) is 27.1 Å². The minimum atomic E-state index is -3.49. The van der Waals surface area contributed by atoms with E-state index < -0.39 is 10.0 Å². The second-order valence-electron chi connectivity index (χ2n) is 7.60. The van der Waals surface area contributed by atoms with Gasteiger partial charge < -0.3 is 5.32 Å². The summed E-state index contributed by atoms with van der Waals surface area (Å²) in [7, 11) is -3.49. The van der Waals surface area contributed by atoms with Crippen LogP contribution >= 0.6 is 0 Å². The van der Waals surface area contributed by atoms with Gasteiger partial charge in [0.15, 0.2) is 0 Å². The maximum absolute atomic E-state index is 12.5. The van der Waals surface area contributed by atoms with E-state index in [4.69, 9.17) is 0 Å². The van der Waals surface area contributed by atoms with Crippen molar-refractivity contribution in [2.24, 2.45) is 0 Å². The Morgan fingerprint density at radius 1 is 0.964 bits per heavy atom. The van der Waals surface area contributed by atoms with E-state index >= 15 is 0 Å². The van der Waals surface area contributed by atoms with E-state index in [9.17, 15) is 13.2 Å². The Morgan fingerprint density at radius 2 is 1.68 bits per heavy atom. The molecule has 2 aliphatic rings. The molecule has 0 bridgehead atoms. The zero-order chi connectivity index (χ0) is 19.6. The summed E-state index contributed by atoms with van der Waals surface area (Å²) in [6.45, 7) is 2.65. The van der Waals surface area contributed by atoms with Gasteiger partial charge in [0.25, 0.3) is 5.91 Å². The highest BCUT2D eigenvalue weighted by atomic mass is 32.2. The van der Waals surface area contributed by atoms with E-state index in [-0.39, 0.29) is 22.9 Å². The molecule has 7 heteroatoms. The fraction of sp³-hybridized carbons (Fsp3) is 0.381. The highest BCUT2D eigenvalue weighted by Crippen LogP contribution is 2.22. The van der Waals surface area contributed by atoms with Crippen molar-refractivity contribution in [2.45, 2.75) is 42.8 Å². The van der Waals surface area contributed by atoms with Gasteiger partial charge in [-0.1, -0.05) is 30.3 Å². The molecule has 28 heavy (non-hydrogen) atoms. The van der Waals surface area contributed by atoms with Crippen LogP contribution in [0.3, 0.4) is 0 Å². The Hall–Kier alpha value is -2.22. The molecular weight excluding hydrogens is 374 g/mol. The predicted molar refractivity (Wildman–Crippen MR) is 107 cm³/mol. The third-order valence-corrected chi connectivity index (χ3v) is 6.72. The molecule has 148 valence electrons. The van der Waals surface area contributed by atoms with Gasteiger partial charge in [-0.2, -0.15) is 0 Å². The van der Waals surface area contributed by atoms with Crippen LogP contribution in [0.25, 0.3) is 0 Å². The number of rotatable bonds is 7. The number of carbonyl (C=O) groups excluding carboxylic acids is 1. The first-order chi connectivity index (χ1) is 13.5. The van der Waals surface area contributed by atoms with Crippen LogP contribution in [0.1, 0.15) is 35.2 Å². The summed E-state index contributed by atoms with van der Waals surface area (Å²) in [5, 5.41) is 3.07. The summed E-state index contributed by atoms with van der Waals surface area (Å²) >= 11 is 0.